The highest BCUT2D eigenvalue weighted by Crippen LogP contribution is 2.48. The van der Waals surface area contributed by atoms with Gasteiger partial charge >= 0.3 is 0 Å². The van der Waals surface area contributed by atoms with Crippen molar-refractivity contribution in [1.82, 2.24) is 4.90 Å². The third-order valence-corrected chi connectivity index (χ3v) is 4.87. The quantitative estimate of drug-likeness (QED) is 0.330. The molecule has 104 valence electrons. The Morgan fingerprint density at radius 1 is 1.39 bits per heavy atom. The molecule has 0 saturated heterocycles. The SMILES string of the molecule is CC(C)N(CCC(N)=NO)CC1CC2CCC1C2. The van der Waals surface area contributed by atoms with E-state index in [0.29, 0.717) is 18.3 Å². The first-order valence-electron chi connectivity index (χ1n) is 7.30. The summed E-state index contributed by atoms with van der Waals surface area (Å²) >= 11 is 0. The number of nitrogens with two attached hydrogens (primary N) is 1. The third-order valence-electron chi connectivity index (χ3n) is 4.87. The molecule has 2 aliphatic carbocycles. The predicted molar refractivity (Wildman–Crippen MR) is 73.7 cm³/mol. The summed E-state index contributed by atoms with van der Waals surface area (Å²) in [4.78, 5) is 2.49. The van der Waals surface area contributed by atoms with Crippen molar-refractivity contribution in [2.45, 2.75) is 52.0 Å². The zero-order valence-corrected chi connectivity index (χ0v) is 11.7. The van der Waals surface area contributed by atoms with Crippen molar-refractivity contribution >= 4 is 5.84 Å². The lowest BCUT2D eigenvalue weighted by Gasteiger charge is -2.32. The fourth-order valence-corrected chi connectivity index (χ4v) is 3.77. The Bertz CT molecular complexity index is 303. The number of fused-ring (bicyclic) bond motifs is 2. The van der Waals surface area contributed by atoms with Gasteiger partial charge in [0.05, 0.1) is 0 Å². The normalized spacial score (nSPS) is 31.8. The molecule has 0 radical (unpaired) electrons. The Morgan fingerprint density at radius 3 is 2.67 bits per heavy atom. The van der Waals surface area contributed by atoms with Crippen LogP contribution in [0.3, 0.4) is 0 Å². The number of rotatable bonds is 6. The highest BCUT2D eigenvalue weighted by Gasteiger charge is 2.40. The maximum atomic E-state index is 8.60. The highest BCUT2D eigenvalue weighted by molar-refractivity contribution is 5.79. The third kappa shape index (κ3) is 3.16. The van der Waals surface area contributed by atoms with Gasteiger partial charge in [-0.25, -0.2) is 0 Å². The fraction of sp³-hybridized carbons (Fsp3) is 0.929. The summed E-state index contributed by atoms with van der Waals surface area (Å²) in [5, 5.41) is 11.7. The van der Waals surface area contributed by atoms with Crippen LogP contribution in [0, 0.1) is 17.8 Å². The van der Waals surface area contributed by atoms with E-state index in [1.165, 1.54) is 32.2 Å². The first kappa shape index (κ1) is 13.7. The van der Waals surface area contributed by atoms with Gasteiger partial charge in [0, 0.05) is 25.6 Å². The van der Waals surface area contributed by atoms with E-state index in [-0.39, 0.29) is 0 Å². The second-order valence-electron chi connectivity index (χ2n) is 6.36. The summed E-state index contributed by atoms with van der Waals surface area (Å²) in [7, 11) is 0. The van der Waals surface area contributed by atoms with Gasteiger partial charge in [-0.15, -0.1) is 0 Å². The van der Waals surface area contributed by atoms with E-state index in [9.17, 15) is 0 Å². The molecule has 4 nitrogen and oxygen atoms in total. The minimum atomic E-state index is 0.341. The average Bonchev–Trinajstić information content (AvgIpc) is 2.95. The molecule has 0 amide bonds. The van der Waals surface area contributed by atoms with E-state index in [1.807, 2.05) is 0 Å². The van der Waals surface area contributed by atoms with Crippen LogP contribution >= 0.6 is 0 Å². The molecule has 2 aliphatic rings. The molecule has 0 aromatic heterocycles. The van der Waals surface area contributed by atoms with Gasteiger partial charge in [-0.1, -0.05) is 11.6 Å². The van der Waals surface area contributed by atoms with Crippen LogP contribution in [-0.2, 0) is 0 Å². The van der Waals surface area contributed by atoms with Crippen molar-refractivity contribution < 1.29 is 5.21 Å². The zero-order chi connectivity index (χ0) is 13.1. The summed E-state index contributed by atoms with van der Waals surface area (Å²) in [6.07, 6.45) is 6.47. The summed E-state index contributed by atoms with van der Waals surface area (Å²) in [6.45, 7) is 6.57. The van der Waals surface area contributed by atoms with Crippen LogP contribution in [0.25, 0.3) is 0 Å². The van der Waals surface area contributed by atoms with Gasteiger partial charge in [0.1, 0.15) is 5.84 Å². The lowest BCUT2D eigenvalue weighted by Crippen LogP contribution is -2.39. The van der Waals surface area contributed by atoms with Gasteiger partial charge in [0.2, 0.25) is 0 Å². The van der Waals surface area contributed by atoms with E-state index in [4.69, 9.17) is 10.9 Å². The van der Waals surface area contributed by atoms with E-state index >= 15 is 0 Å². The molecule has 2 fully saturated rings. The van der Waals surface area contributed by atoms with Crippen LogP contribution in [0.5, 0.6) is 0 Å². The molecule has 0 aromatic carbocycles. The largest absolute Gasteiger partial charge is 0.409 e. The second kappa shape index (κ2) is 5.91. The molecular weight excluding hydrogens is 226 g/mol. The van der Waals surface area contributed by atoms with E-state index in [1.54, 1.807) is 0 Å². The summed E-state index contributed by atoms with van der Waals surface area (Å²) in [5.74, 6) is 3.21. The molecule has 18 heavy (non-hydrogen) atoms. The van der Waals surface area contributed by atoms with Crippen LogP contribution in [0.4, 0.5) is 0 Å². The zero-order valence-electron chi connectivity index (χ0n) is 11.7. The van der Waals surface area contributed by atoms with Crippen LogP contribution < -0.4 is 5.73 Å². The molecule has 0 spiro atoms. The van der Waals surface area contributed by atoms with Crippen molar-refractivity contribution in [3.8, 4) is 0 Å². The minimum Gasteiger partial charge on any atom is -0.409 e. The molecule has 0 heterocycles. The Kier molecular flexibility index (Phi) is 4.49. The topological polar surface area (TPSA) is 61.8 Å². The van der Waals surface area contributed by atoms with Crippen molar-refractivity contribution in [2.24, 2.45) is 28.6 Å². The van der Waals surface area contributed by atoms with Gasteiger partial charge in [-0.2, -0.15) is 0 Å². The lowest BCUT2D eigenvalue weighted by atomic mass is 9.88. The summed E-state index contributed by atoms with van der Waals surface area (Å²) < 4.78 is 0. The van der Waals surface area contributed by atoms with E-state index in [0.717, 1.165) is 24.3 Å². The molecule has 2 rings (SSSR count). The van der Waals surface area contributed by atoms with Gasteiger partial charge in [0.15, 0.2) is 0 Å². The number of amidine groups is 1. The highest BCUT2D eigenvalue weighted by atomic mass is 16.4. The molecule has 0 aliphatic heterocycles. The lowest BCUT2D eigenvalue weighted by molar-refractivity contribution is 0.160. The number of hydrogen-bond acceptors (Lipinski definition) is 3. The van der Waals surface area contributed by atoms with Crippen molar-refractivity contribution in [3.63, 3.8) is 0 Å². The molecule has 2 bridgehead atoms. The molecule has 3 unspecified atom stereocenters. The van der Waals surface area contributed by atoms with Crippen LogP contribution in [-0.4, -0.2) is 35.1 Å². The van der Waals surface area contributed by atoms with Crippen LogP contribution in [0.2, 0.25) is 0 Å². The van der Waals surface area contributed by atoms with Gasteiger partial charge in [-0.05, 0) is 50.9 Å². The number of oxime groups is 1. The maximum absolute atomic E-state index is 8.60. The Balaban J connectivity index is 1.83. The molecule has 3 N–H and O–H groups in total. The number of hydrogen-bond donors (Lipinski definition) is 2. The van der Waals surface area contributed by atoms with E-state index < -0.39 is 0 Å². The number of nitrogens with zero attached hydrogens (tertiary/aromatic N) is 2. The molecular formula is C14H27N3O. The van der Waals surface area contributed by atoms with Gasteiger partial charge < -0.3 is 15.8 Å². The smallest absolute Gasteiger partial charge is 0.140 e. The van der Waals surface area contributed by atoms with Crippen molar-refractivity contribution in [2.75, 3.05) is 13.1 Å². The Hall–Kier alpha value is -0.770. The summed E-state index contributed by atoms with van der Waals surface area (Å²) in [5.41, 5.74) is 5.56. The predicted octanol–water partition coefficient (Wildman–Crippen LogP) is 2.27. The summed E-state index contributed by atoms with van der Waals surface area (Å²) in [6, 6.07) is 0.538. The Labute approximate surface area is 110 Å². The fourth-order valence-electron chi connectivity index (χ4n) is 3.77. The average molecular weight is 253 g/mol. The molecule has 0 aromatic rings. The molecule has 2 saturated carbocycles. The first-order chi connectivity index (χ1) is 8.60. The first-order valence-corrected chi connectivity index (χ1v) is 7.30. The van der Waals surface area contributed by atoms with Crippen molar-refractivity contribution in [3.05, 3.63) is 0 Å². The van der Waals surface area contributed by atoms with Gasteiger partial charge in [0.25, 0.3) is 0 Å². The monoisotopic (exact) mass is 253 g/mol. The molecule has 4 heteroatoms. The molecule has 3 atom stereocenters. The Morgan fingerprint density at radius 2 is 2.17 bits per heavy atom. The van der Waals surface area contributed by atoms with Crippen LogP contribution in [0.15, 0.2) is 5.16 Å². The standard InChI is InChI=1S/C14H27N3O/c1-10(2)17(6-5-14(15)16-18)9-13-8-11-3-4-12(13)7-11/h10-13,18H,3-9H2,1-2H3,(H2,15,16). The maximum Gasteiger partial charge on any atom is 0.140 e. The second-order valence-corrected chi connectivity index (χ2v) is 6.36. The van der Waals surface area contributed by atoms with Crippen molar-refractivity contribution in [1.29, 1.82) is 0 Å². The van der Waals surface area contributed by atoms with E-state index in [2.05, 4.69) is 23.9 Å². The minimum absolute atomic E-state index is 0.341. The van der Waals surface area contributed by atoms with Gasteiger partial charge in [-0.3, -0.25) is 0 Å². The van der Waals surface area contributed by atoms with Crippen LogP contribution in [0.1, 0.15) is 46.0 Å².